The number of nitrogens with zero attached hydrogens (tertiary/aromatic N) is 2. The molecule has 0 bridgehead atoms. The number of aryl methyl sites for hydroxylation is 2. The van der Waals surface area contributed by atoms with Gasteiger partial charge in [0.05, 0.1) is 12.7 Å². The number of hydrogen-bond donors (Lipinski definition) is 0. The Morgan fingerprint density at radius 3 is 2.26 bits per heavy atom. The molecule has 0 unspecified atom stereocenters. The topological polar surface area (TPSA) is 49.9 Å². The second-order valence-corrected chi connectivity index (χ2v) is 6.09. The van der Waals surface area contributed by atoms with E-state index in [1.165, 1.54) is 0 Å². The molecule has 126 valence electrons. The quantitative estimate of drug-likeness (QED) is 0.856. The molecule has 0 atom stereocenters. The summed E-state index contributed by atoms with van der Waals surface area (Å²) in [4.78, 5) is 28.4. The minimum atomic E-state index is -0.0174. The summed E-state index contributed by atoms with van der Waals surface area (Å²) in [5.74, 6) is 0.810. The molecule has 1 aliphatic rings. The van der Waals surface area contributed by atoms with Gasteiger partial charge in [-0.15, -0.1) is 0 Å². The highest BCUT2D eigenvalue weighted by molar-refractivity contribution is 5.97. The summed E-state index contributed by atoms with van der Waals surface area (Å²) in [7, 11) is 1.59. The number of carbonyl (C=O) groups excluding carboxylic acids is 2. The Labute approximate surface area is 138 Å². The molecule has 1 aliphatic heterocycles. The number of ether oxygens (including phenoxy) is 1. The van der Waals surface area contributed by atoms with Gasteiger partial charge in [-0.05, 0) is 37.5 Å². The van der Waals surface area contributed by atoms with Crippen molar-refractivity contribution in [1.82, 2.24) is 9.80 Å². The first-order valence-corrected chi connectivity index (χ1v) is 8.20. The summed E-state index contributed by atoms with van der Waals surface area (Å²) >= 11 is 0. The molecule has 2 amide bonds. The molecule has 23 heavy (non-hydrogen) atoms. The van der Waals surface area contributed by atoms with Crippen LogP contribution >= 0.6 is 0 Å². The zero-order valence-electron chi connectivity index (χ0n) is 14.5. The minimum absolute atomic E-state index is 0.0174. The summed E-state index contributed by atoms with van der Waals surface area (Å²) in [6, 6.07) is 3.89. The highest BCUT2D eigenvalue weighted by Crippen LogP contribution is 2.26. The van der Waals surface area contributed by atoms with Crippen LogP contribution in [0.25, 0.3) is 0 Å². The van der Waals surface area contributed by atoms with Crippen molar-refractivity contribution < 1.29 is 14.3 Å². The highest BCUT2D eigenvalue weighted by Gasteiger charge is 2.26. The van der Waals surface area contributed by atoms with Crippen molar-refractivity contribution in [2.24, 2.45) is 0 Å². The van der Waals surface area contributed by atoms with Gasteiger partial charge in [-0.3, -0.25) is 9.59 Å². The van der Waals surface area contributed by atoms with Gasteiger partial charge in [-0.2, -0.15) is 0 Å². The molecule has 1 aromatic carbocycles. The summed E-state index contributed by atoms with van der Waals surface area (Å²) in [5, 5.41) is 0. The third kappa shape index (κ3) is 3.84. The van der Waals surface area contributed by atoms with Crippen molar-refractivity contribution in [2.45, 2.75) is 33.6 Å². The smallest absolute Gasteiger partial charge is 0.257 e. The van der Waals surface area contributed by atoms with Crippen LogP contribution in [-0.4, -0.2) is 54.9 Å². The highest BCUT2D eigenvalue weighted by atomic mass is 16.5. The van der Waals surface area contributed by atoms with Crippen LogP contribution in [0.2, 0.25) is 0 Å². The molecule has 0 aliphatic carbocycles. The number of benzene rings is 1. The Bertz CT molecular complexity index is 590. The molecule has 1 aromatic rings. The van der Waals surface area contributed by atoms with E-state index in [0.29, 0.717) is 43.9 Å². The van der Waals surface area contributed by atoms with E-state index in [4.69, 9.17) is 4.74 Å². The molecule has 0 spiro atoms. The lowest BCUT2D eigenvalue weighted by Crippen LogP contribution is -2.50. The van der Waals surface area contributed by atoms with Gasteiger partial charge in [0.15, 0.2) is 0 Å². The molecule has 0 radical (unpaired) electrons. The fourth-order valence-corrected chi connectivity index (χ4v) is 3.09. The first-order chi connectivity index (χ1) is 11.0. The molecule has 5 heteroatoms. The van der Waals surface area contributed by atoms with E-state index in [0.717, 1.165) is 17.5 Å². The SMILES string of the molecule is CCCC(=O)N1CCN(C(=O)c2cc(C)cc(C)c2OC)CC1. The maximum absolute atomic E-state index is 12.8. The molecule has 2 rings (SSSR count). The van der Waals surface area contributed by atoms with E-state index in [1.54, 1.807) is 7.11 Å². The zero-order valence-corrected chi connectivity index (χ0v) is 14.5. The number of piperazine rings is 1. The maximum Gasteiger partial charge on any atom is 0.257 e. The van der Waals surface area contributed by atoms with Gasteiger partial charge in [-0.1, -0.05) is 13.0 Å². The van der Waals surface area contributed by atoms with Crippen molar-refractivity contribution in [2.75, 3.05) is 33.3 Å². The summed E-state index contributed by atoms with van der Waals surface area (Å²) in [6.45, 7) is 8.29. The third-order valence-corrected chi connectivity index (χ3v) is 4.24. The van der Waals surface area contributed by atoms with Crippen molar-refractivity contribution in [3.63, 3.8) is 0 Å². The predicted molar refractivity (Wildman–Crippen MR) is 89.9 cm³/mol. The van der Waals surface area contributed by atoms with Crippen LogP contribution in [0.15, 0.2) is 12.1 Å². The van der Waals surface area contributed by atoms with Crippen molar-refractivity contribution in [3.05, 3.63) is 28.8 Å². The van der Waals surface area contributed by atoms with Crippen LogP contribution < -0.4 is 4.74 Å². The van der Waals surface area contributed by atoms with Crippen LogP contribution in [-0.2, 0) is 4.79 Å². The van der Waals surface area contributed by atoms with E-state index in [2.05, 4.69) is 0 Å². The van der Waals surface area contributed by atoms with Gasteiger partial charge in [0.1, 0.15) is 5.75 Å². The van der Waals surface area contributed by atoms with Crippen LogP contribution in [0.4, 0.5) is 0 Å². The van der Waals surface area contributed by atoms with E-state index in [-0.39, 0.29) is 11.8 Å². The average molecular weight is 318 g/mol. The largest absolute Gasteiger partial charge is 0.496 e. The van der Waals surface area contributed by atoms with E-state index in [9.17, 15) is 9.59 Å². The van der Waals surface area contributed by atoms with Crippen LogP contribution in [0.1, 0.15) is 41.3 Å². The van der Waals surface area contributed by atoms with Gasteiger partial charge in [0.2, 0.25) is 5.91 Å². The second-order valence-electron chi connectivity index (χ2n) is 6.09. The Balaban J connectivity index is 2.10. The Morgan fingerprint density at radius 1 is 1.09 bits per heavy atom. The number of carbonyl (C=O) groups is 2. The fourth-order valence-electron chi connectivity index (χ4n) is 3.09. The molecule has 1 fully saturated rings. The lowest BCUT2D eigenvalue weighted by Gasteiger charge is -2.35. The van der Waals surface area contributed by atoms with E-state index < -0.39 is 0 Å². The third-order valence-electron chi connectivity index (χ3n) is 4.24. The van der Waals surface area contributed by atoms with E-state index in [1.807, 2.05) is 42.7 Å². The zero-order chi connectivity index (χ0) is 17.0. The molecular formula is C18H26N2O3. The van der Waals surface area contributed by atoms with Crippen LogP contribution in [0.5, 0.6) is 5.75 Å². The monoisotopic (exact) mass is 318 g/mol. The van der Waals surface area contributed by atoms with Gasteiger partial charge >= 0.3 is 0 Å². The molecule has 1 heterocycles. The average Bonchev–Trinajstić information content (AvgIpc) is 2.54. The first-order valence-electron chi connectivity index (χ1n) is 8.20. The molecule has 1 saturated heterocycles. The van der Waals surface area contributed by atoms with Gasteiger partial charge in [0, 0.05) is 32.6 Å². The van der Waals surface area contributed by atoms with Gasteiger partial charge < -0.3 is 14.5 Å². The standard InChI is InChI=1S/C18H26N2O3/c1-5-6-16(21)19-7-9-20(10-8-19)18(22)15-12-13(2)11-14(3)17(15)23-4/h11-12H,5-10H2,1-4H3. The van der Waals surface area contributed by atoms with Crippen LogP contribution in [0.3, 0.4) is 0 Å². The van der Waals surface area contributed by atoms with E-state index >= 15 is 0 Å². The lowest BCUT2D eigenvalue weighted by atomic mass is 10.0. The van der Waals surface area contributed by atoms with Crippen LogP contribution in [0, 0.1) is 13.8 Å². The van der Waals surface area contributed by atoms with Crippen molar-refractivity contribution in [1.29, 1.82) is 0 Å². The maximum atomic E-state index is 12.8. The lowest BCUT2D eigenvalue weighted by molar-refractivity contribution is -0.132. The number of amides is 2. The Kier molecular flexibility index (Phi) is 5.64. The molecule has 0 N–H and O–H groups in total. The Morgan fingerprint density at radius 2 is 1.70 bits per heavy atom. The van der Waals surface area contributed by atoms with Crippen molar-refractivity contribution >= 4 is 11.8 Å². The van der Waals surface area contributed by atoms with Gasteiger partial charge in [-0.25, -0.2) is 0 Å². The summed E-state index contributed by atoms with van der Waals surface area (Å²) < 4.78 is 5.42. The first kappa shape index (κ1) is 17.3. The second kappa shape index (κ2) is 7.49. The normalized spacial score (nSPS) is 14.8. The predicted octanol–water partition coefficient (Wildman–Crippen LogP) is 2.40. The fraction of sp³-hybridized carbons (Fsp3) is 0.556. The summed E-state index contributed by atoms with van der Waals surface area (Å²) in [6.07, 6.45) is 1.44. The number of rotatable bonds is 4. The number of hydrogen-bond acceptors (Lipinski definition) is 3. The van der Waals surface area contributed by atoms with Gasteiger partial charge in [0.25, 0.3) is 5.91 Å². The Hall–Kier alpha value is -2.04. The molecule has 0 aromatic heterocycles. The molecule has 0 saturated carbocycles. The summed E-state index contributed by atoms with van der Waals surface area (Å²) in [5.41, 5.74) is 2.62. The molecular weight excluding hydrogens is 292 g/mol. The molecule has 5 nitrogen and oxygen atoms in total. The number of methoxy groups -OCH3 is 1. The van der Waals surface area contributed by atoms with Crippen molar-refractivity contribution in [3.8, 4) is 5.75 Å². The minimum Gasteiger partial charge on any atom is -0.496 e.